The van der Waals surface area contributed by atoms with Crippen LogP contribution < -0.4 is 16.2 Å². The number of amides is 1. The quantitative estimate of drug-likeness (QED) is 0.650. The Hall–Kier alpha value is -1.62. The van der Waals surface area contributed by atoms with E-state index < -0.39 is 0 Å². The van der Waals surface area contributed by atoms with Gasteiger partial charge in [-0.1, -0.05) is 6.07 Å². The van der Waals surface area contributed by atoms with Gasteiger partial charge in [0.15, 0.2) is 0 Å². The molecule has 0 spiro atoms. The Morgan fingerprint density at radius 1 is 1.50 bits per heavy atom. The summed E-state index contributed by atoms with van der Waals surface area (Å²) in [6.07, 6.45) is 3.68. The van der Waals surface area contributed by atoms with Gasteiger partial charge in [-0.05, 0) is 31.5 Å². The molecule has 0 saturated carbocycles. The lowest BCUT2D eigenvalue weighted by atomic mass is 9.99. The highest BCUT2D eigenvalue weighted by Gasteiger charge is 2.20. The van der Waals surface area contributed by atoms with Crippen LogP contribution in [0, 0.1) is 5.92 Å². The van der Waals surface area contributed by atoms with E-state index in [1.54, 1.807) is 12.3 Å². The molecule has 2 heterocycles. The minimum atomic E-state index is 0.0258. The van der Waals surface area contributed by atoms with Crippen molar-refractivity contribution in [2.45, 2.75) is 12.8 Å². The number of carbonyl (C=O) groups excluding carboxylic acids is 1. The van der Waals surface area contributed by atoms with E-state index in [1.165, 1.54) is 0 Å². The van der Waals surface area contributed by atoms with Gasteiger partial charge >= 0.3 is 0 Å². The van der Waals surface area contributed by atoms with Crippen LogP contribution in [0.2, 0.25) is 0 Å². The first kappa shape index (κ1) is 10.9. The van der Waals surface area contributed by atoms with Gasteiger partial charge in [0.1, 0.15) is 5.82 Å². The summed E-state index contributed by atoms with van der Waals surface area (Å²) in [6, 6.07) is 5.50. The first-order valence-corrected chi connectivity index (χ1v) is 5.54. The topological polar surface area (TPSA) is 66.0 Å². The molecule has 1 amide bonds. The molecular weight excluding hydrogens is 204 g/mol. The molecule has 3 N–H and O–H groups in total. The summed E-state index contributed by atoms with van der Waals surface area (Å²) in [6.45, 7) is 1.77. The number of nitrogens with zero attached hydrogens (tertiary/aromatic N) is 1. The SMILES string of the molecule is O=C(NNc1ccccn1)[C@H]1CCCNC1. The third-order valence-corrected chi connectivity index (χ3v) is 2.65. The van der Waals surface area contributed by atoms with Crippen molar-refractivity contribution >= 4 is 11.7 Å². The number of carbonyl (C=O) groups is 1. The minimum Gasteiger partial charge on any atom is -0.316 e. The second kappa shape index (κ2) is 5.46. The number of rotatable bonds is 3. The number of hydrogen-bond acceptors (Lipinski definition) is 4. The number of hydrogen-bond donors (Lipinski definition) is 3. The molecule has 0 radical (unpaired) electrons. The molecule has 0 aromatic carbocycles. The van der Waals surface area contributed by atoms with Gasteiger partial charge in [0.05, 0.1) is 5.92 Å². The van der Waals surface area contributed by atoms with Gasteiger partial charge in [-0.25, -0.2) is 4.98 Å². The Kier molecular flexibility index (Phi) is 3.71. The van der Waals surface area contributed by atoms with Crippen LogP contribution >= 0.6 is 0 Å². The standard InChI is InChI=1S/C11H16N4O/c16-11(9-4-3-6-12-8-9)15-14-10-5-1-2-7-13-10/h1-2,5,7,9,12H,3-4,6,8H2,(H,13,14)(H,15,16)/t9-/m0/s1. The van der Waals surface area contributed by atoms with Crippen LogP contribution in [0.15, 0.2) is 24.4 Å². The average Bonchev–Trinajstić information content (AvgIpc) is 2.38. The zero-order valence-electron chi connectivity index (χ0n) is 9.07. The first-order chi connectivity index (χ1) is 7.86. The third-order valence-electron chi connectivity index (χ3n) is 2.65. The van der Waals surface area contributed by atoms with Crippen molar-refractivity contribution in [3.05, 3.63) is 24.4 Å². The third kappa shape index (κ3) is 2.93. The number of aromatic nitrogens is 1. The van der Waals surface area contributed by atoms with Crippen LogP contribution in [0.25, 0.3) is 0 Å². The zero-order valence-corrected chi connectivity index (χ0v) is 9.07. The fraction of sp³-hybridized carbons (Fsp3) is 0.455. The molecule has 5 heteroatoms. The Bertz CT molecular complexity index is 335. The van der Waals surface area contributed by atoms with Crippen molar-refractivity contribution in [3.63, 3.8) is 0 Å². The number of hydrazine groups is 1. The summed E-state index contributed by atoms with van der Waals surface area (Å²) in [7, 11) is 0. The van der Waals surface area contributed by atoms with Crippen molar-refractivity contribution in [2.24, 2.45) is 5.92 Å². The van der Waals surface area contributed by atoms with E-state index in [9.17, 15) is 4.79 Å². The Morgan fingerprint density at radius 2 is 2.44 bits per heavy atom. The lowest BCUT2D eigenvalue weighted by Crippen LogP contribution is -2.42. The zero-order chi connectivity index (χ0) is 11.2. The summed E-state index contributed by atoms with van der Waals surface area (Å²) in [4.78, 5) is 15.8. The van der Waals surface area contributed by atoms with Crippen LogP contribution in [-0.2, 0) is 4.79 Å². The smallest absolute Gasteiger partial charge is 0.242 e. The Balaban J connectivity index is 1.79. The molecule has 2 rings (SSSR count). The van der Waals surface area contributed by atoms with E-state index in [0.29, 0.717) is 5.82 Å². The van der Waals surface area contributed by atoms with Crippen molar-refractivity contribution in [3.8, 4) is 0 Å². The van der Waals surface area contributed by atoms with E-state index >= 15 is 0 Å². The van der Waals surface area contributed by atoms with Gasteiger partial charge in [-0.3, -0.25) is 15.6 Å². The maximum absolute atomic E-state index is 11.7. The van der Waals surface area contributed by atoms with Crippen LogP contribution in [0.1, 0.15) is 12.8 Å². The molecule has 16 heavy (non-hydrogen) atoms. The second-order valence-corrected chi connectivity index (χ2v) is 3.87. The van der Waals surface area contributed by atoms with Gasteiger partial charge in [0.25, 0.3) is 0 Å². The predicted octanol–water partition coefficient (Wildman–Crippen LogP) is 0.524. The highest BCUT2D eigenvalue weighted by Crippen LogP contribution is 2.09. The van der Waals surface area contributed by atoms with Crippen molar-refractivity contribution < 1.29 is 4.79 Å². The van der Waals surface area contributed by atoms with Gasteiger partial charge in [0.2, 0.25) is 5.91 Å². The van der Waals surface area contributed by atoms with Crippen LogP contribution in [0.3, 0.4) is 0 Å². The number of piperidine rings is 1. The highest BCUT2D eigenvalue weighted by atomic mass is 16.2. The molecule has 1 aliphatic heterocycles. The van der Waals surface area contributed by atoms with E-state index in [4.69, 9.17) is 0 Å². The lowest BCUT2D eigenvalue weighted by molar-refractivity contribution is -0.124. The lowest BCUT2D eigenvalue weighted by Gasteiger charge is -2.21. The van der Waals surface area contributed by atoms with Gasteiger partial charge in [0, 0.05) is 12.7 Å². The van der Waals surface area contributed by atoms with Crippen LogP contribution in [-0.4, -0.2) is 24.0 Å². The molecule has 0 unspecified atom stereocenters. The maximum Gasteiger partial charge on any atom is 0.242 e. The molecule has 5 nitrogen and oxygen atoms in total. The normalized spacial score (nSPS) is 20.1. The van der Waals surface area contributed by atoms with Crippen LogP contribution in [0.4, 0.5) is 5.82 Å². The van der Waals surface area contributed by atoms with Crippen molar-refractivity contribution in [1.29, 1.82) is 0 Å². The Morgan fingerprint density at radius 3 is 3.12 bits per heavy atom. The second-order valence-electron chi connectivity index (χ2n) is 3.87. The predicted molar refractivity (Wildman–Crippen MR) is 61.6 cm³/mol. The molecule has 1 aliphatic rings. The van der Waals surface area contributed by atoms with Crippen LogP contribution in [0.5, 0.6) is 0 Å². The minimum absolute atomic E-state index is 0.0258. The molecular formula is C11H16N4O. The molecule has 0 aliphatic carbocycles. The Labute approximate surface area is 94.6 Å². The number of pyridine rings is 1. The van der Waals surface area contributed by atoms with Gasteiger partial charge < -0.3 is 5.32 Å². The molecule has 1 aromatic heterocycles. The first-order valence-electron chi connectivity index (χ1n) is 5.54. The van der Waals surface area contributed by atoms with Gasteiger partial charge in [-0.15, -0.1) is 0 Å². The molecule has 1 atom stereocenters. The van der Waals surface area contributed by atoms with Crippen molar-refractivity contribution in [2.75, 3.05) is 18.5 Å². The van der Waals surface area contributed by atoms with E-state index in [-0.39, 0.29) is 11.8 Å². The fourth-order valence-corrected chi connectivity index (χ4v) is 1.74. The van der Waals surface area contributed by atoms with Gasteiger partial charge in [-0.2, -0.15) is 0 Å². The molecule has 86 valence electrons. The van der Waals surface area contributed by atoms with E-state index in [1.807, 2.05) is 12.1 Å². The molecule has 1 fully saturated rings. The molecule has 0 bridgehead atoms. The summed E-state index contributed by atoms with van der Waals surface area (Å²) >= 11 is 0. The summed E-state index contributed by atoms with van der Waals surface area (Å²) in [5, 5.41) is 3.21. The molecule has 1 aromatic rings. The van der Waals surface area contributed by atoms with E-state index in [0.717, 1.165) is 25.9 Å². The largest absolute Gasteiger partial charge is 0.316 e. The number of nitrogens with one attached hydrogen (secondary N) is 3. The summed E-state index contributed by atoms with van der Waals surface area (Å²) < 4.78 is 0. The molecule has 1 saturated heterocycles. The monoisotopic (exact) mass is 220 g/mol. The highest BCUT2D eigenvalue weighted by molar-refractivity contribution is 5.80. The summed E-state index contributed by atoms with van der Waals surface area (Å²) in [5.74, 6) is 0.738. The average molecular weight is 220 g/mol. The van der Waals surface area contributed by atoms with Crippen molar-refractivity contribution in [1.82, 2.24) is 15.7 Å². The van der Waals surface area contributed by atoms with E-state index in [2.05, 4.69) is 21.2 Å². The number of anilines is 1. The maximum atomic E-state index is 11.7. The summed E-state index contributed by atoms with van der Waals surface area (Å²) in [5.41, 5.74) is 5.48. The fourth-order valence-electron chi connectivity index (χ4n) is 1.74.